The van der Waals surface area contributed by atoms with Gasteiger partial charge in [0.05, 0.1) is 6.10 Å². The Morgan fingerprint density at radius 1 is 1.26 bits per heavy atom. The minimum atomic E-state index is -0.105. The zero-order valence-electron chi connectivity index (χ0n) is 11.1. The number of hydrogen-bond donors (Lipinski definition) is 2. The quantitative estimate of drug-likeness (QED) is 0.875. The topological polar surface area (TPSA) is 49.5 Å². The highest BCUT2D eigenvalue weighted by Crippen LogP contribution is 2.39. The molecule has 0 aromatic heterocycles. The standard InChI is InChI=1S/C15H21ClN2O/c16-11-2-1-10-9-18(15(8-17)14(10)7-11)12-3-5-13(19)6-4-12/h1-2,7,12-13,15,19H,3-6,8-9,17H2. The van der Waals surface area contributed by atoms with Crippen molar-refractivity contribution in [3.8, 4) is 0 Å². The molecule has 0 spiro atoms. The van der Waals surface area contributed by atoms with E-state index in [0.29, 0.717) is 12.6 Å². The number of fused-ring (bicyclic) bond motifs is 1. The van der Waals surface area contributed by atoms with Gasteiger partial charge < -0.3 is 10.8 Å². The first-order valence-electron chi connectivity index (χ1n) is 7.11. The Hall–Kier alpha value is -0.610. The number of benzene rings is 1. The molecule has 1 aromatic carbocycles. The largest absolute Gasteiger partial charge is 0.393 e. The van der Waals surface area contributed by atoms with Crippen LogP contribution in [-0.2, 0) is 6.54 Å². The Kier molecular flexibility index (Phi) is 3.81. The highest BCUT2D eigenvalue weighted by atomic mass is 35.5. The maximum atomic E-state index is 9.64. The monoisotopic (exact) mass is 280 g/mol. The lowest BCUT2D eigenvalue weighted by Crippen LogP contribution is -2.40. The van der Waals surface area contributed by atoms with Crippen molar-refractivity contribution in [2.75, 3.05) is 6.54 Å². The van der Waals surface area contributed by atoms with Crippen molar-refractivity contribution in [1.29, 1.82) is 0 Å². The van der Waals surface area contributed by atoms with Gasteiger partial charge in [0.15, 0.2) is 0 Å². The highest BCUT2D eigenvalue weighted by molar-refractivity contribution is 6.30. The van der Waals surface area contributed by atoms with E-state index in [2.05, 4.69) is 17.0 Å². The third-order valence-corrected chi connectivity index (χ3v) is 4.81. The third-order valence-electron chi connectivity index (χ3n) is 4.58. The Morgan fingerprint density at radius 3 is 2.68 bits per heavy atom. The molecule has 3 N–H and O–H groups in total. The van der Waals surface area contributed by atoms with E-state index < -0.39 is 0 Å². The normalized spacial score (nSPS) is 31.4. The number of nitrogens with zero attached hydrogens (tertiary/aromatic N) is 1. The Balaban J connectivity index is 1.81. The van der Waals surface area contributed by atoms with Gasteiger partial charge in [-0.15, -0.1) is 0 Å². The van der Waals surface area contributed by atoms with E-state index >= 15 is 0 Å². The van der Waals surface area contributed by atoms with Crippen LogP contribution in [0.4, 0.5) is 0 Å². The first-order chi connectivity index (χ1) is 9.19. The van der Waals surface area contributed by atoms with E-state index in [9.17, 15) is 5.11 Å². The summed E-state index contributed by atoms with van der Waals surface area (Å²) in [5.41, 5.74) is 8.63. The first-order valence-corrected chi connectivity index (χ1v) is 7.49. The minimum absolute atomic E-state index is 0.105. The number of aliphatic hydroxyl groups is 1. The molecule has 1 fully saturated rings. The molecule has 1 aliphatic carbocycles. The summed E-state index contributed by atoms with van der Waals surface area (Å²) in [6.07, 6.45) is 3.86. The number of aliphatic hydroxyl groups excluding tert-OH is 1. The summed E-state index contributed by atoms with van der Waals surface area (Å²) in [7, 11) is 0. The number of rotatable bonds is 2. The second-order valence-corrected chi connectivity index (χ2v) is 6.17. The molecule has 19 heavy (non-hydrogen) atoms. The molecular formula is C15H21ClN2O. The van der Waals surface area contributed by atoms with Gasteiger partial charge in [-0.1, -0.05) is 17.7 Å². The summed E-state index contributed by atoms with van der Waals surface area (Å²) >= 11 is 6.11. The second kappa shape index (κ2) is 5.41. The van der Waals surface area contributed by atoms with Crippen LogP contribution in [0, 0.1) is 0 Å². The third kappa shape index (κ3) is 2.52. The highest BCUT2D eigenvalue weighted by Gasteiger charge is 2.35. The van der Waals surface area contributed by atoms with Crippen LogP contribution < -0.4 is 5.73 Å². The van der Waals surface area contributed by atoms with Crippen LogP contribution in [0.1, 0.15) is 42.9 Å². The molecule has 0 bridgehead atoms. The van der Waals surface area contributed by atoms with E-state index in [4.69, 9.17) is 17.3 Å². The molecule has 1 saturated carbocycles. The van der Waals surface area contributed by atoms with E-state index in [0.717, 1.165) is 37.3 Å². The summed E-state index contributed by atoms with van der Waals surface area (Å²) < 4.78 is 0. The molecule has 0 amide bonds. The predicted octanol–water partition coefficient (Wildman–Crippen LogP) is 2.46. The van der Waals surface area contributed by atoms with Gasteiger partial charge in [-0.3, -0.25) is 4.90 Å². The fraction of sp³-hybridized carbons (Fsp3) is 0.600. The summed E-state index contributed by atoms with van der Waals surface area (Å²) in [6.45, 7) is 1.60. The van der Waals surface area contributed by atoms with Crippen LogP contribution in [0.25, 0.3) is 0 Å². The van der Waals surface area contributed by atoms with Crippen molar-refractivity contribution in [3.63, 3.8) is 0 Å². The second-order valence-electron chi connectivity index (χ2n) is 5.73. The number of hydrogen-bond acceptors (Lipinski definition) is 3. The van der Waals surface area contributed by atoms with Gasteiger partial charge in [-0.05, 0) is 48.9 Å². The predicted molar refractivity (Wildman–Crippen MR) is 77.1 cm³/mol. The summed E-state index contributed by atoms with van der Waals surface area (Å²) in [6, 6.07) is 6.98. The molecule has 4 heteroatoms. The molecule has 1 unspecified atom stereocenters. The van der Waals surface area contributed by atoms with Crippen molar-refractivity contribution in [3.05, 3.63) is 34.3 Å². The van der Waals surface area contributed by atoms with Crippen molar-refractivity contribution in [2.45, 2.75) is 50.4 Å². The number of nitrogens with two attached hydrogens (primary N) is 1. The van der Waals surface area contributed by atoms with Gasteiger partial charge in [0.2, 0.25) is 0 Å². The Morgan fingerprint density at radius 2 is 2.00 bits per heavy atom. The molecule has 1 atom stereocenters. The first kappa shape index (κ1) is 13.4. The summed E-state index contributed by atoms with van der Waals surface area (Å²) in [5.74, 6) is 0. The van der Waals surface area contributed by atoms with Crippen molar-refractivity contribution < 1.29 is 5.11 Å². The molecule has 1 aromatic rings. The molecule has 1 heterocycles. The van der Waals surface area contributed by atoms with Crippen molar-refractivity contribution in [1.82, 2.24) is 4.90 Å². The smallest absolute Gasteiger partial charge is 0.0541 e. The van der Waals surface area contributed by atoms with Crippen molar-refractivity contribution in [2.24, 2.45) is 5.73 Å². The zero-order chi connectivity index (χ0) is 13.4. The Bertz CT molecular complexity index is 457. The van der Waals surface area contributed by atoms with E-state index in [1.165, 1.54) is 11.1 Å². The lowest BCUT2D eigenvalue weighted by molar-refractivity contribution is 0.0571. The molecule has 3 nitrogen and oxygen atoms in total. The number of halogens is 1. The SMILES string of the molecule is NCC1c2cc(Cl)ccc2CN1C1CCC(O)CC1. The van der Waals surface area contributed by atoms with Gasteiger partial charge in [0.25, 0.3) is 0 Å². The van der Waals surface area contributed by atoms with Crippen LogP contribution in [0.15, 0.2) is 18.2 Å². The molecule has 104 valence electrons. The molecule has 0 saturated heterocycles. The zero-order valence-corrected chi connectivity index (χ0v) is 11.8. The van der Waals surface area contributed by atoms with E-state index in [1.54, 1.807) is 0 Å². The van der Waals surface area contributed by atoms with Gasteiger partial charge in [-0.25, -0.2) is 0 Å². The minimum Gasteiger partial charge on any atom is -0.393 e. The fourth-order valence-corrected chi connectivity index (χ4v) is 3.72. The van der Waals surface area contributed by atoms with Crippen LogP contribution in [0.3, 0.4) is 0 Å². The molecule has 1 aliphatic heterocycles. The molecule has 3 rings (SSSR count). The van der Waals surface area contributed by atoms with Gasteiger partial charge in [0, 0.05) is 30.2 Å². The van der Waals surface area contributed by atoms with Gasteiger partial charge in [0.1, 0.15) is 0 Å². The average Bonchev–Trinajstić information content (AvgIpc) is 2.77. The lowest BCUT2D eigenvalue weighted by atomic mass is 9.91. The molecular weight excluding hydrogens is 260 g/mol. The maximum Gasteiger partial charge on any atom is 0.0541 e. The van der Waals surface area contributed by atoms with E-state index in [-0.39, 0.29) is 12.1 Å². The van der Waals surface area contributed by atoms with Gasteiger partial charge >= 0.3 is 0 Å². The molecule has 0 radical (unpaired) electrons. The van der Waals surface area contributed by atoms with Gasteiger partial charge in [-0.2, -0.15) is 0 Å². The van der Waals surface area contributed by atoms with Crippen molar-refractivity contribution >= 4 is 11.6 Å². The average molecular weight is 281 g/mol. The lowest BCUT2D eigenvalue weighted by Gasteiger charge is -2.36. The summed E-state index contributed by atoms with van der Waals surface area (Å²) in [5, 5.41) is 10.4. The maximum absolute atomic E-state index is 9.64. The summed E-state index contributed by atoms with van der Waals surface area (Å²) in [4.78, 5) is 2.51. The Labute approximate surface area is 119 Å². The van der Waals surface area contributed by atoms with Crippen LogP contribution in [0.2, 0.25) is 5.02 Å². The van der Waals surface area contributed by atoms with Crippen LogP contribution in [-0.4, -0.2) is 28.7 Å². The fourth-order valence-electron chi connectivity index (χ4n) is 3.54. The van der Waals surface area contributed by atoms with Crippen LogP contribution >= 0.6 is 11.6 Å². The molecule has 2 aliphatic rings. The van der Waals surface area contributed by atoms with Crippen LogP contribution in [0.5, 0.6) is 0 Å². The van der Waals surface area contributed by atoms with E-state index in [1.807, 2.05) is 6.07 Å².